The maximum Gasteiger partial charge on any atom is 0.194 e. The van der Waals surface area contributed by atoms with E-state index in [1.165, 1.54) is 116 Å². The highest BCUT2D eigenvalue weighted by Crippen LogP contribution is 2.12. The number of thiocarbonyl (C=S) groups is 2. The lowest BCUT2D eigenvalue weighted by Crippen LogP contribution is -2.50. The summed E-state index contributed by atoms with van der Waals surface area (Å²) in [6.45, 7) is 5.27. The van der Waals surface area contributed by atoms with Gasteiger partial charge in [-0.3, -0.25) is 15.8 Å². The van der Waals surface area contributed by atoms with E-state index in [2.05, 4.69) is 35.0 Å². The second kappa shape index (κ2) is 26.7. The van der Waals surface area contributed by atoms with Crippen molar-refractivity contribution in [3.8, 4) is 0 Å². The molecule has 0 bridgehead atoms. The van der Waals surface area contributed by atoms with Crippen molar-refractivity contribution >= 4 is 40.5 Å². The van der Waals surface area contributed by atoms with Gasteiger partial charge in [0.15, 0.2) is 11.1 Å². The number of hydrogen-bond donors (Lipinski definition) is 4. The third-order valence-electron chi connectivity index (χ3n) is 6.11. The molecule has 0 saturated carbocycles. The van der Waals surface area contributed by atoms with Crippen LogP contribution < -0.4 is 21.9 Å². The van der Waals surface area contributed by atoms with Crippen molar-refractivity contribution in [3.63, 3.8) is 0 Å². The summed E-state index contributed by atoms with van der Waals surface area (Å²) in [6.07, 6.45) is 27.3. The highest BCUT2D eigenvalue weighted by atomic mass is 32.1. The summed E-state index contributed by atoms with van der Waals surface area (Å²) in [5.74, 6) is 0.357. The van der Waals surface area contributed by atoms with Crippen molar-refractivity contribution in [2.24, 2.45) is 10.7 Å². The van der Waals surface area contributed by atoms with Crippen LogP contribution >= 0.6 is 24.4 Å². The third-order valence-corrected chi connectivity index (χ3v) is 6.62. The first-order valence-corrected chi connectivity index (χ1v) is 15.1. The number of rotatable bonds is 22. The van der Waals surface area contributed by atoms with Crippen molar-refractivity contribution in [3.05, 3.63) is 0 Å². The molecule has 0 spiro atoms. The molecule has 0 aromatic rings. The van der Waals surface area contributed by atoms with Gasteiger partial charge in [-0.15, -0.1) is 0 Å². The molecular formula is C27H55N5S2. The van der Waals surface area contributed by atoms with Gasteiger partial charge in [-0.1, -0.05) is 142 Å². The molecule has 0 aliphatic carbocycles. The van der Waals surface area contributed by atoms with Gasteiger partial charge in [0.2, 0.25) is 0 Å². The van der Waals surface area contributed by atoms with Crippen LogP contribution in [0.2, 0.25) is 0 Å². The Morgan fingerprint density at radius 1 is 0.588 bits per heavy atom. The highest BCUT2D eigenvalue weighted by molar-refractivity contribution is 7.80. The molecule has 0 aliphatic heterocycles. The molecule has 7 heteroatoms. The lowest BCUT2D eigenvalue weighted by atomic mass is 10.1. The van der Waals surface area contributed by atoms with Crippen molar-refractivity contribution < 1.29 is 0 Å². The molecule has 0 saturated heterocycles. The third kappa shape index (κ3) is 25.7. The SMILES string of the molecule is CCCCCCCCCCCCN=C(N)NC(=S)NNC(=S)CCCCCCCCCCCC. The molecule has 0 radical (unpaired) electrons. The fourth-order valence-electron chi connectivity index (χ4n) is 3.95. The van der Waals surface area contributed by atoms with Crippen LogP contribution in [0, 0.1) is 0 Å². The molecule has 0 atom stereocenters. The second-order valence-corrected chi connectivity index (χ2v) is 10.4. The van der Waals surface area contributed by atoms with Crippen LogP contribution in [-0.4, -0.2) is 22.6 Å². The van der Waals surface area contributed by atoms with E-state index in [-0.39, 0.29) is 0 Å². The zero-order valence-corrected chi connectivity index (χ0v) is 24.0. The first kappa shape index (κ1) is 33.0. The molecule has 0 fully saturated rings. The van der Waals surface area contributed by atoms with E-state index in [0.29, 0.717) is 11.1 Å². The Labute approximate surface area is 222 Å². The van der Waals surface area contributed by atoms with E-state index in [1.807, 2.05) is 0 Å². The zero-order chi connectivity index (χ0) is 25.1. The minimum absolute atomic E-state index is 0.357. The van der Waals surface area contributed by atoms with Gasteiger partial charge in [0.05, 0.1) is 4.99 Å². The zero-order valence-electron chi connectivity index (χ0n) is 22.4. The number of unbranched alkanes of at least 4 members (excludes halogenated alkanes) is 18. The van der Waals surface area contributed by atoms with Gasteiger partial charge < -0.3 is 11.1 Å². The Morgan fingerprint density at radius 3 is 1.47 bits per heavy atom. The number of hydrogen-bond acceptors (Lipinski definition) is 3. The van der Waals surface area contributed by atoms with Crippen molar-refractivity contribution in [2.75, 3.05) is 6.54 Å². The van der Waals surface area contributed by atoms with Crippen LogP contribution in [0.5, 0.6) is 0 Å². The smallest absolute Gasteiger partial charge is 0.194 e. The van der Waals surface area contributed by atoms with Crippen molar-refractivity contribution in [2.45, 2.75) is 149 Å². The Morgan fingerprint density at radius 2 is 1.00 bits per heavy atom. The quantitative estimate of drug-likeness (QED) is 0.0388. The van der Waals surface area contributed by atoms with Crippen LogP contribution in [0.1, 0.15) is 149 Å². The first-order chi connectivity index (χ1) is 16.6. The Kier molecular flexibility index (Phi) is 25.9. The molecule has 5 N–H and O–H groups in total. The van der Waals surface area contributed by atoms with Crippen LogP contribution in [0.4, 0.5) is 0 Å². The Balaban J connectivity index is 3.53. The fourth-order valence-corrected chi connectivity index (χ4v) is 4.30. The topological polar surface area (TPSA) is 74.5 Å². The van der Waals surface area contributed by atoms with Crippen molar-refractivity contribution in [1.29, 1.82) is 0 Å². The van der Waals surface area contributed by atoms with Crippen LogP contribution in [0.15, 0.2) is 4.99 Å². The summed E-state index contributed by atoms with van der Waals surface area (Å²) in [5, 5.41) is 3.30. The summed E-state index contributed by atoms with van der Waals surface area (Å²) in [7, 11) is 0. The molecule has 0 rings (SSSR count). The molecule has 0 unspecified atom stereocenters. The molecule has 5 nitrogen and oxygen atoms in total. The van der Waals surface area contributed by atoms with Gasteiger partial charge in [-0.05, 0) is 31.5 Å². The molecule has 0 aromatic carbocycles. The first-order valence-electron chi connectivity index (χ1n) is 14.3. The molecule has 0 heterocycles. The van der Waals surface area contributed by atoms with Gasteiger partial charge in [-0.2, -0.15) is 0 Å². The van der Waals surface area contributed by atoms with Gasteiger partial charge in [0, 0.05) is 6.54 Å². The molecule has 0 aromatic heterocycles. The van der Waals surface area contributed by atoms with Crippen LogP contribution in [0.25, 0.3) is 0 Å². The van der Waals surface area contributed by atoms with E-state index in [1.54, 1.807) is 0 Å². The Bertz CT molecular complexity index is 511. The average molecular weight is 514 g/mol. The maximum atomic E-state index is 5.92. The maximum absolute atomic E-state index is 5.92. The van der Waals surface area contributed by atoms with Gasteiger partial charge in [0.1, 0.15) is 0 Å². The monoisotopic (exact) mass is 513 g/mol. The number of aliphatic imine (C=N–C) groups is 1. The number of nitrogens with two attached hydrogens (primary N) is 1. The number of nitrogens with one attached hydrogen (secondary N) is 3. The summed E-state index contributed by atoms with van der Waals surface area (Å²) in [4.78, 5) is 5.14. The fraction of sp³-hybridized carbons (Fsp3) is 0.889. The summed E-state index contributed by atoms with van der Waals surface area (Å²) in [5.41, 5.74) is 11.8. The van der Waals surface area contributed by atoms with E-state index in [4.69, 9.17) is 30.2 Å². The predicted octanol–water partition coefficient (Wildman–Crippen LogP) is 7.83. The minimum Gasteiger partial charge on any atom is -0.370 e. The lowest BCUT2D eigenvalue weighted by molar-refractivity contribution is 0.558. The van der Waals surface area contributed by atoms with Gasteiger partial charge in [-0.25, -0.2) is 0 Å². The van der Waals surface area contributed by atoms with E-state index >= 15 is 0 Å². The molecule has 200 valence electrons. The number of guanidine groups is 1. The van der Waals surface area contributed by atoms with Crippen LogP contribution in [0.3, 0.4) is 0 Å². The van der Waals surface area contributed by atoms with Gasteiger partial charge >= 0.3 is 0 Å². The minimum atomic E-state index is 0.357. The molecule has 0 amide bonds. The molecular weight excluding hydrogens is 458 g/mol. The summed E-state index contributed by atoms with van der Waals surface area (Å²) in [6, 6.07) is 0. The standard InChI is InChI=1S/C27H55N5S2/c1-3-5-7-9-11-13-15-17-19-21-23-25(33)31-32-27(34)30-26(28)29-24-22-20-18-16-14-12-10-8-6-4-2/h3-24H2,1-2H3,(H,31,33)(H4,28,29,30,32,34). The Hall–Kier alpha value is -0.950. The van der Waals surface area contributed by atoms with Crippen LogP contribution in [-0.2, 0) is 0 Å². The van der Waals surface area contributed by atoms with Crippen molar-refractivity contribution in [1.82, 2.24) is 16.2 Å². The average Bonchev–Trinajstić information content (AvgIpc) is 2.82. The van der Waals surface area contributed by atoms with Gasteiger partial charge in [0.25, 0.3) is 0 Å². The second-order valence-electron chi connectivity index (χ2n) is 9.51. The number of nitrogens with zero attached hydrogens (tertiary/aromatic N) is 1. The summed E-state index contributed by atoms with van der Waals surface area (Å²) < 4.78 is 0. The predicted molar refractivity (Wildman–Crippen MR) is 159 cm³/mol. The molecule has 0 aliphatic rings. The number of hydrazine groups is 1. The normalized spacial score (nSPS) is 11.4. The molecule has 34 heavy (non-hydrogen) atoms. The van der Waals surface area contributed by atoms with E-state index in [9.17, 15) is 0 Å². The highest BCUT2D eigenvalue weighted by Gasteiger charge is 2.01. The lowest BCUT2D eigenvalue weighted by Gasteiger charge is -2.12. The summed E-state index contributed by atoms with van der Waals surface area (Å²) >= 11 is 10.6. The largest absolute Gasteiger partial charge is 0.370 e. The van der Waals surface area contributed by atoms with E-state index < -0.39 is 0 Å². The van der Waals surface area contributed by atoms with E-state index in [0.717, 1.165) is 30.8 Å².